The predicted octanol–water partition coefficient (Wildman–Crippen LogP) is 1.67. The molecule has 1 aliphatic heterocycles. The van der Waals surface area contributed by atoms with Crippen molar-refractivity contribution in [3.63, 3.8) is 0 Å². The van der Waals surface area contributed by atoms with E-state index in [1.807, 2.05) is 0 Å². The second-order valence-electron chi connectivity index (χ2n) is 5.26. The Kier molecular flexibility index (Phi) is 3.70. The molecule has 3 rings (SSSR count). The molecule has 1 amide bonds. The van der Waals surface area contributed by atoms with E-state index in [9.17, 15) is 9.18 Å². The highest BCUT2D eigenvalue weighted by atomic mass is 19.1. The Morgan fingerprint density at radius 2 is 2.19 bits per heavy atom. The zero-order valence-corrected chi connectivity index (χ0v) is 11.4. The van der Waals surface area contributed by atoms with Gasteiger partial charge in [-0.15, -0.1) is 0 Å². The first-order valence-corrected chi connectivity index (χ1v) is 6.89. The van der Waals surface area contributed by atoms with Gasteiger partial charge < -0.3 is 10.0 Å². The van der Waals surface area contributed by atoms with Gasteiger partial charge in [0.15, 0.2) is 0 Å². The molecule has 1 aromatic heterocycles. The van der Waals surface area contributed by atoms with Crippen molar-refractivity contribution in [3.05, 3.63) is 41.8 Å². The van der Waals surface area contributed by atoms with Gasteiger partial charge in [-0.1, -0.05) is 0 Å². The van der Waals surface area contributed by atoms with Crippen LogP contribution >= 0.6 is 0 Å². The summed E-state index contributed by atoms with van der Waals surface area (Å²) in [5.74, 6) is -0.266. The van der Waals surface area contributed by atoms with Crippen molar-refractivity contribution in [3.8, 4) is 11.3 Å². The van der Waals surface area contributed by atoms with Crippen molar-refractivity contribution >= 4 is 5.91 Å². The standard InChI is InChI=1S/C15H16FN3O2/c16-12-3-1-11(2-4-12)13-7-14(18-17-13)15(21)19-6-5-10(8-19)9-20/h1-4,7,10,20H,5-6,8-9H2,(H,17,18). The molecule has 0 spiro atoms. The second kappa shape index (κ2) is 5.65. The van der Waals surface area contributed by atoms with E-state index in [1.165, 1.54) is 12.1 Å². The number of likely N-dealkylation sites (tertiary alicyclic amines) is 1. The molecule has 5 nitrogen and oxygen atoms in total. The summed E-state index contributed by atoms with van der Waals surface area (Å²) in [5.41, 5.74) is 1.77. The van der Waals surface area contributed by atoms with Crippen molar-refractivity contribution in [2.75, 3.05) is 19.7 Å². The lowest BCUT2D eigenvalue weighted by Gasteiger charge is -2.14. The number of aromatic nitrogens is 2. The largest absolute Gasteiger partial charge is 0.396 e. The van der Waals surface area contributed by atoms with Crippen LogP contribution in [-0.4, -0.2) is 45.8 Å². The molecular formula is C15H16FN3O2. The number of aliphatic hydroxyl groups excluding tert-OH is 1. The monoisotopic (exact) mass is 289 g/mol. The smallest absolute Gasteiger partial charge is 0.271 e. The van der Waals surface area contributed by atoms with Crippen LogP contribution in [-0.2, 0) is 0 Å². The first-order chi connectivity index (χ1) is 10.2. The van der Waals surface area contributed by atoms with E-state index in [-0.39, 0.29) is 24.2 Å². The van der Waals surface area contributed by atoms with Crippen molar-refractivity contribution in [2.45, 2.75) is 6.42 Å². The third-order valence-electron chi connectivity index (χ3n) is 3.78. The lowest BCUT2D eigenvalue weighted by molar-refractivity contribution is 0.0776. The van der Waals surface area contributed by atoms with Gasteiger partial charge >= 0.3 is 0 Å². The number of hydrogen-bond acceptors (Lipinski definition) is 3. The van der Waals surface area contributed by atoms with E-state index in [2.05, 4.69) is 10.2 Å². The molecule has 21 heavy (non-hydrogen) atoms. The summed E-state index contributed by atoms with van der Waals surface area (Å²) in [5, 5.41) is 16.0. The maximum Gasteiger partial charge on any atom is 0.271 e. The van der Waals surface area contributed by atoms with Gasteiger partial charge in [0.25, 0.3) is 5.91 Å². The fraction of sp³-hybridized carbons (Fsp3) is 0.333. The average molecular weight is 289 g/mol. The number of carbonyl (C=O) groups is 1. The molecule has 1 aliphatic rings. The summed E-state index contributed by atoms with van der Waals surface area (Å²) in [4.78, 5) is 14.0. The lowest BCUT2D eigenvalue weighted by Crippen LogP contribution is -2.29. The van der Waals surface area contributed by atoms with Crippen LogP contribution in [0.3, 0.4) is 0 Å². The van der Waals surface area contributed by atoms with Crippen molar-refractivity contribution in [1.82, 2.24) is 15.1 Å². The number of benzene rings is 1. The minimum absolute atomic E-state index is 0.105. The van der Waals surface area contributed by atoms with Crippen LogP contribution in [0.25, 0.3) is 11.3 Å². The number of hydrogen-bond donors (Lipinski definition) is 2. The first kappa shape index (κ1) is 13.8. The molecule has 1 atom stereocenters. The molecule has 0 bridgehead atoms. The summed E-state index contributed by atoms with van der Waals surface area (Å²) in [6.07, 6.45) is 0.821. The van der Waals surface area contributed by atoms with E-state index in [0.717, 1.165) is 12.0 Å². The highest BCUT2D eigenvalue weighted by Crippen LogP contribution is 2.21. The average Bonchev–Trinajstić information content (AvgIpc) is 3.16. The minimum Gasteiger partial charge on any atom is -0.396 e. The second-order valence-corrected chi connectivity index (χ2v) is 5.26. The number of nitrogens with zero attached hydrogens (tertiary/aromatic N) is 2. The fourth-order valence-corrected chi connectivity index (χ4v) is 2.54. The molecular weight excluding hydrogens is 273 g/mol. The van der Waals surface area contributed by atoms with Crippen LogP contribution in [0.5, 0.6) is 0 Å². The molecule has 1 saturated heterocycles. The SMILES string of the molecule is O=C(c1cc(-c2ccc(F)cc2)n[nH]1)N1CCC(CO)C1. The summed E-state index contributed by atoms with van der Waals surface area (Å²) in [7, 11) is 0. The molecule has 1 unspecified atom stereocenters. The first-order valence-electron chi connectivity index (χ1n) is 6.89. The van der Waals surface area contributed by atoms with Gasteiger partial charge in [-0.05, 0) is 36.8 Å². The molecule has 0 saturated carbocycles. The van der Waals surface area contributed by atoms with Crippen LogP contribution < -0.4 is 0 Å². The van der Waals surface area contributed by atoms with Gasteiger partial charge in [-0.25, -0.2) is 4.39 Å². The zero-order valence-electron chi connectivity index (χ0n) is 11.4. The van der Waals surface area contributed by atoms with Gasteiger partial charge in [0.1, 0.15) is 11.5 Å². The Morgan fingerprint density at radius 1 is 1.43 bits per heavy atom. The van der Waals surface area contributed by atoms with E-state index < -0.39 is 0 Å². The van der Waals surface area contributed by atoms with Gasteiger partial charge in [0, 0.05) is 31.2 Å². The summed E-state index contributed by atoms with van der Waals surface area (Å²) in [6.45, 7) is 1.32. The summed E-state index contributed by atoms with van der Waals surface area (Å²) in [6, 6.07) is 7.63. The normalized spacial score (nSPS) is 18.2. The van der Waals surface area contributed by atoms with Gasteiger partial charge in [-0.2, -0.15) is 5.10 Å². The number of nitrogens with one attached hydrogen (secondary N) is 1. The molecule has 2 aromatic rings. The lowest BCUT2D eigenvalue weighted by atomic mass is 10.1. The quantitative estimate of drug-likeness (QED) is 0.903. The maximum absolute atomic E-state index is 12.9. The maximum atomic E-state index is 12.9. The molecule has 2 heterocycles. The number of halogens is 1. The highest BCUT2D eigenvalue weighted by molar-refractivity contribution is 5.93. The zero-order chi connectivity index (χ0) is 14.8. The van der Waals surface area contributed by atoms with Crippen molar-refractivity contribution < 1.29 is 14.3 Å². The number of aromatic amines is 1. The number of rotatable bonds is 3. The van der Waals surface area contributed by atoms with E-state index in [0.29, 0.717) is 24.5 Å². The third-order valence-corrected chi connectivity index (χ3v) is 3.78. The van der Waals surface area contributed by atoms with Crippen molar-refractivity contribution in [1.29, 1.82) is 0 Å². The van der Waals surface area contributed by atoms with Gasteiger partial charge in [0.05, 0.1) is 5.69 Å². The van der Waals surface area contributed by atoms with E-state index in [4.69, 9.17) is 5.11 Å². The highest BCUT2D eigenvalue weighted by Gasteiger charge is 2.27. The Labute approximate surface area is 121 Å². The summed E-state index contributed by atoms with van der Waals surface area (Å²) < 4.78 is 12.9. The third kappa shape index (κ3) is 2.80. The number of aliphatic hydroxyl groups is 1. The van der Waals surface area contributed by atoms with E-state index >= 15 is 0 Å². The van der Waals surface area contributed by atoms with Crippen molar-refractivity contribution in [2.24, 2.45) is 5.92 Å². The molecule has 110 valence electrons. The van der Waals surface area contributed by atoms with Gasteiger partial charge in [-0.3, -0.25) is 9.89 Å². The molecule has 1 aromatic carbocycles. The van der Waals surface area contributed by atoms with Gasteiger partial charge in [0.2, 0.25) is 0 Å². The Hall–Kier alpha value is -2.21. The molecule has 2 N–H and O–H groups in total. The van der Waals surface area contributed by atoms with Crippen LogP contribution in [0.4, 0.5) is 4.39 Å². The Bertz CT molecular complexity index is 639. The minimum atomic E-state index is -0.308. The topological polar surface area (TPSA) is 69.2 Å². The number of H-pyrrole nitrogens is 1. The Balaban J connectivity index is 1.75. The molecule has 0 aliphatic carbocycles. The van der Waals surface area contributed by atoms with E-state index in [1.54, 1.807) is 23.1 Å². The van der Waals surface area contributed by atoms with Crippen LogP contribution in [0.1, 0.15) is 16.9 Å². The molecule has 0 radical (unpaired) electrons. The Morgan fingerprint density at radius 3 is 2.86 bits per heavy atom. The predicted molar refractivity (Wildman–Crippen MR) is 75.1 cm³/mol. The number of amides is 1. The number of carbonyl (C=O) groups excluding carboxylic acids is 1. The molecule has 1 fully saturated rings. The van der Waals surface area contributed by atoms with Crippen LogP contribution in [0.2, 0.25) is 0 Å². The molecule has 6 heteroatoms. The van der Waals surface area contributed by atoms with Crippen LogP contribution in [0.15, 0.2) is 30.3 Å². The fourth-order valence-electron chi connectivity index (χ4n) is 2.54. The van der Waals surface area contributed by atoms with Crippen LogP contribution in [0, 0.1) is 11.7 Å². The summed E-state index contributed by atoms with van der Waals surface area (Å²) >= 11 is 0.